The highest BCUT2D eigenvalue weighted by molar-refractivity contribution is 6.30. The average Bonchev–Trinajstić information content (AvgIpc) is 2.75. The molecule has 0 aliphatic rings. The van der Waals surface area contributed by atoms with E-state index in [0.717, 1.165) is 24.0 Å². The maximum absolute atomic E-state index is 13.1. The smallest absolute Gasteiger partial charge is 0.243 e. The van der Waals surface area contributed by atoms with Gasteiger partial charge in [0.1, 0.15) is 6.04 Å². The molecular weight excluding hydrogens is 400 g/mol. The van der Waals surface area contributed by atoms with E-state index in [1.54, 1.807) is 24.1 Å². The fourth-order valence-corrected chi connectivity index (χ4v) is 3.37. The molecular formula is C24H31ClN2O3. The molecule has 2 aromatic carbocycles. The van der Waals surface area contributed by atoms with Gasteiger partial charge in [0.05, 0.1) is 0 Å². The maximum atomic E-state index is 13.1. The molecule has 0 saturated heterocycles. The van der Waals surface area contributed by atoms with Crippen LogP contribution < -0.4 is 5.32 Å². The maximum Gasteiger partial charge on any atom is 0.243 e. The summed E-state index contributed by atoms with van der Waals surface area (Å²) >= 11 is 6.01. The van der Waals surface area contributed by atoms with Gasteiger partial charge < -0.3 is 15.0 Å². The molecule has 5 nitrogen and oxygen atoms in total. The largest absolute Gasteiger partial charge is 0.385 e. The predicted molar refractivity (Wildman–Crippen MR) is 120 cm³/mol. The number of ether oxygens (including phenoxy) is 1. The Morgan fingerprint density at radius 1 is 1.07 bits per heavy atom. The number of hydrogen-bond acceptors (Lipinski definition) is 3. The molecule has 1 unspecified atom stereocenters. The van der Waals surface area contributed by atoms with E-state index in [2.05, 4.69) is 5.32 Å². The molecule has 1 N–H and O–H groups in total. The Bertz CT molecular complexity index is 781. The van der Waals surface area contributed by atoms with Crippen molar-refractivity contribution in [3.05, 3.63) is 70.7 Å². The summed E-state index contributed by atoms with van der Waals surface area (Å²) in [5.74, 6) is -0.172. The summed E-state index contributed by atoms with van der Waals surface area (Å²) in [7, 11) is 1.64. The van der Waals surface area contributed by atoms with Crippen molar-refractivity contribution < 1.29 is 14.3 Å². The van der Waals surface area contributed by atoms with Crippen LogP contribution in [0.1, 0.15) is 37.3 Å². The molecule has 0 fully saturated rings. The van der Waals surface area contributed by atoms with Crippen molar-refractivity contribution in [2.75, 3.05) is 20.3 Å². The van der Waals surface area contributed by atoms with Gasteiger partial charge in [-0.15, -0.1) is 0 Å². The zero-order chi connectivity index (χ0) is 21.8. The molecule has 2 amide bonds. The minimum Gasteiger partial charge on any atom is -0.385 e. The fourth-order valence-electron chi connectivity index (χ4n) is 3.24. The Kier molecular flexibility index (Phi) is 10.4. The standard InChI is InChI=1S/C24H31ClN2O3/c1-3-8-23(28)27(18-20-11-13-21(25)14-12-20)22(17-19-9-5-4-6-10-19)24(29)26-15-7-16-30-2/h4-6,9-14,22H,3,7-8,15-18H2,1-2H3,(H,26,29). The van der Waals surface area contributed by atoms with Crippen LogP contribution in [-0.4, -0.2) is 43.0 Å². The third-order valence-corrected chi connectivity index (χ3v) is 5.08. The van der Waals surface area contributed by atoms with Gasteiger partial charge in [0, 0.05) is 44.7 Å². The van der Waals surface area contributed by atoms with Crippen molar-refractivity contribution in [1.29, 1.82) is 0 Å². The zero-order valence-corrected chi connectivity index (χ0v) is 18.5. The molecule has 2 aromatic rings. The Morgan fingerprint density at radius 2 is 1.77 bits per heavy atom. The molecule has 0 saturated carbocycles. The van der Waals surface area contributed by atoms with Crippen LogP contribution in [0.4, 0.5) is 0 Å². The number of hydrogen-bond donors (Lipinski definition) is 1. The molecule has 1 atom stereocenters. The van der Waals surface area contributed by atoms with Crippen molar-refractivity contribution in [2.24, 2.45) is 0 Å². The molecule has 6 heteroatoms. The van der Waals surface area contributed by atoms with Crippen LogP contribution in [0.25, 0.3) is 0 Å². The quantitative estimate of drug-likeness (QED) is 0.512. The van der Waals surface area contributed by atoms with Crippen molar-refractivity contribution in [1.82, 2.24) is 10.2 Å². The van der Waals surface area contributed by atoms with Gasteiger partial charge in [-0.3, -0.25) is 9.59 Å². The predicted octanol–water partition coefficient (Wildman–Crippen LogP) is 4.23. The highest BCUT2D eigenvalue weighted by Crippen LogP contribution is 2.18. The van der Waals surface area contributed by atoms with E-state index in [0.29, 0.717) is 37.6 Å². The van der Waals surface area contributed by atoms with E-state index >= 15 is 0 Å². The number of carbonyl (C=O) groups excluding carboxylic acids is 2. The average molecular weight is 431 g/mol. The van der Waals surface area contributed by atoms with E-state index < -0.39 is 6.04 Å². The molecule has 0 heterocycles. The van der Waals surface area contributed by atoms with Gasteiger partial charge in [0.25, 0.3) is 0 Å². The summed E-state index contributed by atoms with van der Waals surface area (Å²) in [6.45, 7) is 3.41. The molecule has 0 radical (unpaired) electrons. The fraction of sp³-hybridized carbons (Fsp3) is 0.417. The van der Waals surface area contributed by atoms with Crippen LogP contribution in [0, 0.1) is 0 Å². The molecule has 0 bridgehead atoms. The lowest BCUT2D eigenvalue weighted by molar-refractivity contribution is -0.141. The van der Waals surface area contributed by atoms with E-state index in [1.807, 2.05) is 49.4 Å². The van der Waals surface area contributed by atoms with Gasteiger partial charge in [0.15, 0.2) is 0 Å². The van der Waals surface area contributed by atoms with Gasteiger partial charge in [-0.2, -0.15) is 0 Å². The van der Waals surface area contributed by atoms with Crippen LogP contribution in [-0.2, 0) is 27.3 Å². The number of nitrogens with one attached hydrogen (secondary N) is 1. The minimum atomic E-state index is -0.593. The van der Waals surface area contributed by atoms with Gasteiger partial charge in [-0.05, 0) is 36.1 Å². The molecule has 0 spiro atoms. The van der Waals surface area contributed by atoms with E-state index in [1.165, 1.54) is 0 Å². The first-order valence-corrected chi connectivity index (χ1v) is 10.8. The van der Waals surface area contributed by atoms with E-state index in [-0.39, 0.29) is 11.8 Å². The second kappa shape index (κ2) is 13.0. The van der Waals surface area contributed by atoms with Crippen LogP contribution in [0.2, 0.25) is 5.02 Å². The van der Waals surface area contributed by atoms with Crippen LogP contribution in [0.3, 0.4) is 0 Å². The third kappa shape index (κ3) is 7.81. The second-order valence-electron chi connectivity index (χ2n) is 7.24. The molecule has 0 aliphatic carbocycles. The molecule has 2 rings (SSSR count). The van der Waals surface area contributed by atoms with Gasteiger partial charge in [-0.25, -0.2) is 0 Å². The number of methoxy groups -OCH3 is 1. The number of nitrogens with zero attached hydrogens (tertiary/aromatic N) is 1. The SMILES string of the molecule is CCCC(=O)N(Cc1ccc(Cl)cc1)C(Cc1ccccc1)C(=O)NCCCOC. The highest BCUT2D eigenvalue weighted by Gasteiger charge is 2.29. The Balaban J connectivity index is 2.27. The Hall–Kier alpha value is -2.37. The number of benzene rings is 2. The lowest BCUT2D eigenvalue weighted by Crippen LogP contribution is -2.50. The van der Waals surface area contributed by atoms with Crippen LogP contribution in [0.5, 0.6) is 0 Å². The van der Waals surface area contributed by atoms with Crippen LogP contribution in [0.15, 0.2) is 54.6 Å². The second-order valence-corrected chi connectivity index (χ2v) is 7.68. The lowest BCUT2D eigenvalue weighted by Gasteiger charge is -2.31. The Labute approximate surface area is 184 Å². The summed E-state index contributed by atoms with van der Waals surface area (Å²) in [5, 5.41) is 3.62. The van der Waals surface area contributed by atoms with Gasteiger partial charge >= 0.3 is 0 Å². The van der Waals surface area contributed by atoms with Crippen LogP contribution >= 0.6 is 11.6 Å². The van der Waals surface area contributed by atoms with Crippen molar-refractivity contribution in [3.8, 4) is 0 Å². The number of rotatable bonds is 12. The molecule has 0 aliphatic heterocycles. The van der Waals surface area contributed by atoms with E-state index in [4.69, 9.17) is 16.3 Å². The summed E-state index contributed by atoms with van der Waals surface area (Å²) in [4.78, 5) is 27.9. The number of amides is 2. The zero-order valence-electron chi connectivity index (χ0n) is 17.8. The highest BCUT2D eigenvalue weighted by atomic mass is 35.5. The summed E-state index contributed by atoms with van der Waals surface area (Å²) < 4.78 is 5.06. The first kappa shape index (κ1) is 23.9. The number of halogens is 1. The van der Waals surface area contributed by atoms with Crippen molar-refractivity contribution in [3.63, 3.8) is 0 Å². The van der Waals surface area contributed by atoms with Crippen molar-refractivity contribution in [2.45, 2.75) is 45.2 Å². The first-order chi connectivity index (χ1) is 14.5. The summed E-state index contributed by atoms with van der Waals surface area (Å²) in [6, 6.07) is 16.6. The normalized spacial score (nSPS) is 11.7. The topological polar surface area (TPSA) is 58.6 Å². The third-order valence-electron chi connectivity index (χ3n) is 4.83. The summed E-state index contributed by atoms with van der Waals surface area (Å²) in [5.41, 5.74) is 1.95. The monoisotopic (exact) mass is 430 g/mol. The summed E-state index contributed by atoms with van der Waals surface area (Å²) in [6.07, 6.45) is 2.31. The van der Waals surface area contributed by atoms with Gasteiger partial charge in [0.2, 0.25) is 11.8 Å². The van der Waals surface area contributed by atoms with Crippen molar-refractivity contribution >= 4 is 23.4 Å². The molecule has 162 valence electrons. The van der Waals surface area contributed by atoms with E-state index in [9.17, 15) is 9.59 Å². The van der Waals surface area contributed by atoms with Gasteiger partial charge in [-0.1, -0.05) is 61.0 Å². The minimum absolute atomic E-state index is 0.0274. The first-order valence-electron chi connectivity index (χ1n) is 10.4. The molecule has 30 heavy (non-hydrogen) atoms. The number of carbonyl (C=O) groups is 2. The molecule has 0 aromatic heterocycles. The lowest BCUT2D eigenvalue weighted by atomic mass is 10.0. The Morgan fingerprint density at radius 3 is 2.40 bits per heavy atom.